The van der Waals surface area contributed by atoms with Crippen LogP contribution in [0.5, 0.6) is 5.75 Å². The number of rotatable bonds is 8. The van der Waals surface area contributed by atoms with Crippen molar-refractivity contribution in [1.29, 1.82) is 0 Å². The number of ether oxygens (including phenoxy) is 1. The highest BCUT2D eigenvalue weighted by Crippen LogP contribution is 2.30. The van der Waals surface area contributed by atoms with Gasteiger partial charge in [-0.15, -0.1) is 0 Å². The zero-order valence-corrected chi connectivity index (χ0v) is 19.5. The number of furan rings is 1. The molecule has 0 fully saturated rings. The van der Waals surface area contributed by atoms with Crippen molar-refractivity contribution in [3.63, 3.8) is 0 Å². The summed E-state index contributed by atoms with van der Waals surface area (Å²) >= 11 is 0. The first-order chi connectivity index (χ1) is 16.6. The number of benzene rings is 2. The summed E-state index contributed by atoms with van der Waals surface area (Å²) in [5.74, 6) is 1.62. The van der Waals surface area contributed by atoms with E-state index in [1.807, 2.05) is 56.3 Å². The largest absolute Gasteiger partial charge is 0.495 e. The van der Waals surface area contributed by atoms with E-state index in [4.69, 9.17) is 14.1 Å². The van der Waals surface area contributed by atoms with Gasteiger partial charge in [0.25, 0.3) is 5.56 Å². The molecule has 4 aromatic rings. The van der Waals surface area contributed by atoms with Gasteiger partial charge in [-0.25, -0.2) is 9.78 Å². The van der Waals surface area contributed by atoms with Gasteiger partial charge in [0.2, 0.25) is 0 Å². The summed E-state index contributed by atoms with van der Waals surface area (Å²) in [4.78, 5) is 33.6. The number of aromatic nitrogens is 2. The Hall–Kier alpha value is -4.07. The maximum absolute atomic E-state index is 13.8. The molecule has 0 aliphatic heterocycles. The molecule has 0 saturated heterocycles. The van der Waals surface area contributed by atoms with Gasteiger partial charge in [-0.05, 0) is 49.7 Å². The molecule has 2 amide bonds. The molecular formula is C26H28N4O4. The van der Waals surface area contributed by atoms with Gasteiger partial charge in [-0.1, -0.05) is 31.2 Å². The van der Waals surface area contributed by atoms with Gasteiger partial charge in [-0.2, -0.15) is 0 Å². The fraction of sp³-hybridized carbons (Fsp3) is 0.269. The van der Waals surface area contributed by atoms with Gasteiger partial charge < -0.3 is 19.4 Å². The highest BCUT2D eigenvalue weighted by molar-refractivity contribution is 5.78. The maximum Gasteiger partial charge on any atom is 0.318 e. The van der Waals surface area contributed by atoms with Gasteiger partial charge in [-0.3, -0.25) is 9.36 Å². The molecular weight excluding hydrogens is 432 g/mol. The molecule has 0 aliphatic carbocycles. The van der Waals surface area contributed by atoms with E-state index in [1.165, 1.54) is 0 Å². The summed E-state index contributed by atoms with van der Waals surface area (Å²) in [6.07, 6.45) is 2.10. The first-order valence-electron chi connectivity index (χ1n) is 11.3. The van der Waals surface area contributed by atoms with Gasteiger partial charge in [0.05, 0.1) is 42.5 Å². The normalized spacial score (nSPS) is 11.9. The second-order valence-electron chi connectivity index (χ2n) is 7.77. The van der Waals surface area contributed by atoms with Crippen LogP contribution in [-0.4, -0.2) is 34.1 Å². The lowest BCUT2D eigenvalue weighted by Crippen LogP contribution is -2.43. The first-order valence-corrected chi connectivity index (χ1v) is 11.3. The average Bonchev–Trinajstić information content (AvgIpc) is 3.37. The second-order valence-corrected chi connectivity index (χ2v) is 7.77. The molecule has 1 atom stereocenters. The van der Waals surface area contributed by atoms with Gasteiger partial charge in [0.15, 0.2) is 0 Å². The first kappa shape index (κ1) is 23.1. The van der Waals surface area contributed by atoms with Crippen LogP contribution in [0.1, 0.15) is 37.9 Å². The van der Waals surface area contributed by atoms with Crippen LogP contribution in [-0.2, 0) is 6.54 Å². The van der Waals surface area contributed by atoms with Crippen molar-refractivity contribution in [3.05, 3.63) is 88.9 Å². The minimum atomic E-state index is -0.515. The van der Waals surface area contributed by atoms with E-state index in [-0.39, 0.29) is 18.1 Å². The van der Waals surface area contributed by atoms with Crippen molar-refractivity contribution in [3.8, 4) is 11.4 Å². The summed E-state index contributed by atoms with van der Waals surface area (Å²) < 4.78 is 12.7. The molecule has 8 heteroatoms. The number of amides is 2. The lowest BCUT2D eigenvalue weighted by atomic mass is 10.1. The Morgan fingerprint density at radius 3 is 2.59 bits per heavy atom. The van der Waals surface area contributed by atoms with Crippen LogP contribution in [0.3, 0.4) is 0 Å². The summed E-state index contributed by atoms with van der Waals surface area (Å²) in [6, 6.07) is 17.3. The number of hydrogen-bond acceptors (Lipinski definition) is 5. The second kappa shape index (κ2) is 10.2. The van der Waals surface area contributed by atoms with Crippen molar-refractivity contribution in [2.45, 2.75) is 32.9 Å². The predicted molar refractivity (Wildman–Crippen MR) is 130 cm³/mol. The van der Waals surface area contributed by atoms with E-state index in [2.05, 4.69) is 5.32 Å². The SMILES string of the molecule is CCNC(=O)N(Cc1ccco1)C(CC)c1nc2ccccc2c(=O)n1-c1ccccc1OC. The van der Waals surface area contributed by atoms with Crippen molar-refractivity contribution in [2.75, 3.05) is 13.7 Å². The number of nitrogens with zero attached hydrogens (tertiary/aromatic N) is 3. The quantitative estimate of drug-likeness (QED) is 0.413. The number of carbonyl (C=O) groups excluding carboxylic acids is 1. The molecule has 2 aromatic heterocycles. The Morgan fingerprint density at radius 1 is 1.12 bits per heavy atom. The number of urea groups is 1. The number of para-hydroxylation sites is 3. The van der Waals surface area contributed by atoms with Crippen LogP contribution in [0, 0.1) is 0 Å². The third-order valence-corrected chi connectivity index (χ3v) is 5.68. The molecule has 0 aliphatic rings. The fourth-order valence-electron chi connectivity index (χ4n) is 4.11. The maximum atomic E-state index is 13.8. The zero-order chi connectivity index (χ0) is 24.1. The van der Waals surface area contributed by atoms with E-state index in [0.29, 0.717) is 46.9 Å². The van der Waals surface area contributed by atoms with E-state index in [1.54, 1.807) is 41.0 Å². The Morgan fingerprint density at radius 2 is 1.88 bits per heavy atom. The van der Waals surface area contributed by atoms with E-state index < -0.39 is 6.04 Å². The van der Waals surface area contributed by atoms with E-state index >= 15 is 0 Å². The smallest absolute Gasteiger partial charge is 0.318 e. The summed E-state index contributed by atoms with van der Waals surface area (Å²) in [7, 11) is 1.56. The van der Waals surface area contributed by atoms with Crippen molar-refractivity contribution >= 4 is 16.9 Å². The molecule has 2 heterocycles. The average molecular weight is 461 g/mol. The highest BCUT2D eigenvalue weighted by atomic mass is 16.5. The number of fused-ring (bicyclic) bond motifs is 1. The minimum Gasteiger partial charge on any atom is -0.495 e. The lowest BCUT2D eigenvalue weighted by molar-refractivity contribution is 0.158. The summed E-state index contributed by atoms with van der Waals surface area (Å²) in [6.45, 7) is 4.52. The Kier molecular flexibility index (Phi) is 6.96. The topological polar surface area (TPSA) is 89.6 Å². The number of carbonyl (C=O) groups is 1. The molecule has 0 radical (unpaired) electrons. The zero-order valence-electron chi connectivity index (χ0n) is 19.5. The molecule has 2 aromatic carbocycles. The third kappa shape index (κ3) is 4.39. The lowest BCUT2D eigenvalue weighted by Gasteiger charge is -2.32. The van der Waals surface area contributed by atoms with Crippen LogP contribution in [0.2, 0.25) is 0 Å². The Bertz CT molecular complexity index is 1330. The van der Waals surface area contributed by atoms with E-state index in [9.17, 15) is 9.59 Å². The summed E-state index contributed by atoms with van der Waals surface area (Å²) in [5.41, 5.74) is 0.911. The standard InChI is InChI=1S/C26H28N4O4/c1-4-21(29(26(32)27-5-2)17-18-11-10-16-34-18)24-28-20-13-7-6-12-19(20)25(31)30(24)22-14-8-9-15-23(22)33-3/h6-16,21H,4-5,17H2,1-3H3,(H,27,32). The van der Waals surface area contributed by atoms with Crippen LogP contribution < -0.4 is 15.6 Å². The van der Waals surface area contributed by atoms with Gasteiger partial charge in [0, 0.05) is 6.54 Å². The molecule has 0 bridgehead atoms. The van der Waals surface area contributed by atoms with Crippen LogP contribution in [0.25, 0.3) is 16.6 Å². The van der Waals surface area contributed by atoms with Crippen LogP contribution >= 0.6 is 0 Å². The van der Waals surface area contributed by atoms with Crippen LogP contribution in [0.4, 0.5) is 4.79 Å². The fourth-order valence-corrected chi connectivity index (χ4v) is 4.11. The Balaban J connectivity index is 1.98. The number of methoxy groups -OCH3 is 1. The van der Waals surface area contributed by atoms with Crippen molar-refractivity contribution < 1.29 is 13.9 Å². The summed E-state index contributed by atoms with van der Waals surface area (Å²) in [5, 5.41) is 3.37. The molecule has 1 N–H and O–H groups in total. The van der Waals surface area contributed by atoms with Gasteiger partial charge in [0.1, 0.15) is 17.3 Å². The van der Waals surface area contributed by atoms with Crippen molar-refractivity contribution in [1.82, 2.24) is 19.8 Å². The molecule has 176 valence electrons. The molecule has 0 spiro atoms. The molecule has 34 heavy (non-hydrogen) atoms. The molecule has 4 rings (SSSR count). The number of hydrogen-bond donors (Lipinski definition) is 1. The predicted octanol–water partition coefficient (Wildman–Crippen LogP) is 4.67. The minimum absolute atomic E-state index is 0.225. The molecule has 8 nitrogen and oxygen atoms in total. The Labute approximate surface area is 197 Å². The van der Waals surface area contributed by atoms with Crippen molar-refractivity contribution in [2.24, 2.45) is 0 Å². The monoisotopic (exact) mass is 460 g/mol. The molecule has 0 saturated carbocycles. The highest BCUT2D eigenvalue weighted by Gasteiger charge is 2.30. The molecule has 1 unspecified atom stereocenters. The third-order valence-electron chi connectivity index (χ3n) is 5.68. The van der Waals surface area contributed by atoms with Gasteiger partial charge >= 0.3 is 6.03 Å². The number of nitrogens with one attached hydrogen (secondary N) is 1. The van der Waals surface area contributed by atoms with E-state index in [0.717, 1.165) is 0 Å². The van der Waals surface area contributed by atoms with Crippen LogP contribution in [0.15, 0.2) is 76.1 Å².